The lowest BCUT2D eigenvalue weighted by Crippen LogP contribution is -2.27. The molecule has 0 radical (unpaired) electrons. The van der Waals surface area contributed by atoms with Crippen molar-refractivity contribution in [3.8, 4) is 5.88 Å². The Hall–Kier alpha value is -1.50. The van der Waals surface area contributed by atoms with Crippen LogP contribution in [0.25, 0.3) is 0 Å². The normalized spacial score (nSPS) is 17.7. The lowest BCUT2D eigenvalue weighted by molar-refractivity contribution is -0.141. The third-order valence-electron chi connectivity index (χ3n) is 2.63. The van der Waals surface area contributed by atoms with E-state index in [4.69, 9.17) is 15.2 Å². The highest BCUT2D eigenvalue weighted by molar-refractivity contribution is 5.48. The van der Waals surface area contributed by atoms with Crippen molar-refractivity contribution in [2.75, 3.05) is 18.9 Å². The first-order chi connectivity index (χ1) is 8.47. The van der Waals surface area contributed by atoms with Crippen molar-refractivity contribution >= 4 is 5.69 Å². The van der Waals surface area contributed by atoms with Crippen molar-refractivity contribution < 1.29 is 22.6 Å². The first kappa shape index (κ1) is 12.9. The second-order valence-electron chi connectivity index (χ2n) is 4.02. The number of anilines is 1. The Morgan fingerprint density at radius 2 is 1.94 bits per heavy atom. The summed E-state index contributed by atoms with van der Waals surface area (Å²) < 4.78 is 48.0. The molecular weight excluding hydrogens is 249 g/mol. The van der Waals surface area contributed by atoms with Crippen LogP contribution in [0.5, 0.6) is 5.88 Å². The van der Waals surface area contributed by atoms with E-state index < -0.39 is 11.9 Å². The van der Waals surface area contributed by atoms with Gasteiger partial charge in [0.15, 0.2) is 0 Å². The van der Waals surface area contributed by atoms with Crippen LogP contribution in [0.2, 0.25) is 0 Å². The van der Waals surface area contributed by atoms with Gasteiger partial charge in [0.05, 0.1) is 18.9 Å². The van der Waals surface area contributed by atoms with Gasteiger partial charge in [-0.1, -0.05) is 0 Å². The van der Waals surface area contributed by atoms with E-state index in [0.717, 1.165) is 12.1 Å². The number of pyridine rings is 1. The highest BCUT2D eigenvalue weighted by Crippen LogP contribution is 2.31. The van der Waals surface area contributed by atoms with E-state index in [1.165, 1.54) is 0 Å². The van der Waals surface area contributed by atoms with Crippen LogP contribution in [0.3, 0.4) is 0 Å². The third kappa shape index (κ3) is 3.04. The summed E-state index contributed by atoms with van der Waals surface area (Å²) in [6, 6.07) is 2.00. The van der Waals surface area contributed by atoms with Crippen molar-refractivity contribution in [1.29, 1.82) is 0 Å². The number of ether oxygens (including phenoxy) is 2. The molecule has 2 heterocycles. The predicted octanol–water partition coefficient (Wildman–Crippen LogP) is 2.24. The van der Waals surface area contributed by atoms with Crippen LogP contribution >= 0.6 is 0 Å². The molecule has 7 heteroatoms. The summed E-state index contributed by atoms with van der Waals surface area (Å²) in [6.45, 7) is 1.06. The van der Waals surface area contributed by atoms with Crippen LogP contribution in [-0.2, 0) is 10.9 Å². The van der Waals surface area contributed by atoms with Gasteiger partial charge >= 0.3 is 6.18 Å². The molecule has 100 valence electrons. The average Bonchev–Trinajstić information content (AvgIpc) is 2.32. The molecule has 0 spiro atoms. The maximum Gasteiger partial charge on any atom is 0.433 e. The molecule has 1 aliphatic rings. The second-order valence-corrected chi connectivity index (χ2v) is 4.02. The molecule has 4 nitrogen and oxygen atoms in total. The van der Waals surface area contributed by atoms with Crippen molar-refractivity contribution in [2.24, 2.45) is 0 Å². The summed E-state index contributed by atoms with van der Waals surface area (Å²) in [5.41, 5.74) is 4.67. The molecule has 2 N–H and O–H groups in total. The highest BCUT2D eigenvalue weighted by atomic mass is 19.4. The van der Waals surface area contributed by atoms with E-state index in [-0.39, 0.29) is 17.7 Å². The van der Waals surface area contributed by atoms with Gasteiger partial charge in [0, 0.05) is 12.8 Å². The summed E-state index contributed by atoms with van der Waals surface area (Å²) in [6.07, 6.45) is -3.45. The monoisotopic (exact) mass is 262 g/mol. The largest absolute Gasteiger partial charge is 0.473 e. The van der Waals surface area contributed by atoms with E-state index in [2.05, 4.69) is 4.98 Å². The molecule has 0 saturated carbocycles. The number of alkyl halides is 3. The first-order valence-electron chi connectivity index (χ1n) is 5.55. The van der Waals surface area contributed by atoms with E-state index >= 15 is 0 Å². The van der Waals surface area contributed by atoms with Crippen LogP contribution in [0.4, 0.5) is 18.9 Å². The minimum Gasteiger partial charge on any atom is -0.473 e. The number of halogens is 3. The van der Waals surface area contributed by atoms with Crippen LogP contribution in [0.15, 0.2) is 12.1 Å². The fourth-order valence-corrected chi connectivity index (χ4v) is 1.66. The van der Waals surface area contributed by atoms with Crippen molar-refractivity contribution in [3.05, 3.63) is 17.8 Å². The number of nitrogen functional groups attached to an aromatic ring is 1. The van der Waals surface area contributed by atoms with Gasteiger partial charge in [-0.15, -0.1) is 0 Å². The fraction of sp³-hybridized carbons (Fsp3) is 0.545. The highest BCUT2D eigenvalue weighted by Gasteiger charge is 2.33. The van der Waals surface area contributed by atoms with Gasteiger partial charge in [-0.25, -0.2) is 4.98 Å². The molecule has 0 unspecified atom stereocenters. The first-order valence-corrected chi connectivity index (χ1v) is 5.55. The summed E-state index contributed by atoms with van der Waals surface area (Å²) in [5, 5.41) is 0. The van der Waals surface area contributed by atoms with Gasteiger partial charge in [0.25, 0.3) is 0 Å². The lowest BCUT2D eigenvalue weighted by atomic mass is 10.1. The van der Waals surface area contributed by atoms with Crippen LogP contribution in [0, 0.1) is 0 Å². The SMILES string of the molecule is Nc1ccc(C(F)(F)F)nc1OC1CCOCC1. The molecule has 1 aliphatic heterocycles. The van der Waals surface area contributed by atoms with Crippen molar-refractivity contribution in [2.45, 2.75) is 25.1 Å². The number of rotatable bonds is 2. The minimum atomic E-state index is -4.50. The van der Waals surface area contributed by atoms with Gasteiger partial charge in [-0.2, -0.15) is 13.2 Å². The Kier molecular flexibility index (Phi) is 3.60. The van der Waals surface area contributed by atoms with Gasteiger partial charge in [0.1, 0.15) is 11.8 Å². The van der Waals surface area contributed by atoms with E-state index in [1.54, 1.807) is 0 Å². The molecular formula is C11H13F3N2O2. The van der Waals surface area contributed by atoms with E-state index in [9.17, 15) is 13.2 Å². The molecule has 0 amide bonds. The smallest absolute Gasteiger partial charge is 0.433 e. The Labute approximate surface area is 102 Å². The zero-order valence-corrected chi connectivity index (χ0v) is 9.54. The summed E-state index contributed by atoms with van der Waals surface area (Å²) in [7, 11) is 0. The number of aromatic nitrogens is 1. The number of nitrogens with zero attached hydrogens (tertiary/aromatic N) is 1. The van der Waals surface area contributed by atoms with Crippen molar-refractivity contribution in [3.63, 3.8) is 0 Å². The topological polar surface area (TPSA) is 57.4 Å². The summed E-state index contributed by atoms with van der Waals surface area (Å²) in [4.78, 5) is 3.42. The standard InChI is InChI=1S/C11H13F3N2O2/c12-11(13,14)9-2-1-8(15)10(16-9)18-7-3-5-17-6-4-7/h1-2,7H,3-6,15H2. The van der Waals surface area contributed by atoms with Crippen LogP contribution in [0.1, 0.15) is 18.5 Å². The summed E-state index contributed by atoms with van der Waals surface area (Å²) >= 11 is 0. The quantitative estimate of drug-likeness (QED) is 0.888. The molecule has 2 rings (SSSR count). The average molecular weight is 262 g/mol. The predicted molar refractivity (Wildman–Crippen MR) is 58.1 cm³/mol. The minimum absolute atomic E-state index is 0.106. The van der Waals surface area contributed by atoms with E-state index in [1.807, 2.05) is 0 Å². The number of hydrogen-bond acceptors (Lipinski definition) is 4. The van der Waals surface area contributed by atoms with Crippen molar-refractivity contribution in [1.82, 2.24) is 4.98 Å². The van der Waals surface area contributed by atoms with Gasteiger partial charge in [0.2, 0.25) is 5.88 Å². The Morgan fingerprint density at radius 3 is 2.56 bits per heavy atom. The Morgan fingerprint density at radius 1 is 1.28 bits per heavy atom. The maximum atomic E-state index is 12.5. The molecule has 1 fully saturated rings. The Balaban J connectivity index is 2.15. The lowest BCUT2D eigenvalue weighted by Gasteiger charge is -2.23. The molecule has 1 aromatic heterocycles. The molecule has 1 saturated heterocycles. The number of hydrogen-bond donors (Lipinski definition) is 1. The summed E-state index contributed by atoms with van der Waals surface area (Å²) in [5.74, 6) is -0.156. The van der Waals surface area contributed by atoms with Crippen LogP contribution in [-0.4, -0.2) is 24.3 Å². The van der Waals surface area contributed by atoms with Crippen LogP contribution < -0.4 is 10.5 Å². The van der Waals surface area contributed by atoms with Gasteiger partial charge in [-0.3, -0.25) is 0 Å². The number of nitrogens with two attached hydrogens (primary N) is 1. The molecule has 1 aromatic rings. The van der Waals surface area contributed by atoms with Gasteiger partial charge in [-0.05, 0) is 12.1 Å². The molecule has 0 atom stereocenters. The molecule has 0 aliphatic carbocycles. The molecule has 0 aromatic carbocycles. The second kappa shape index (κ2) is 5.01. The van der Waals surface area contributed by atoms with Gasteiger partial charge < -0.3 is 15.2 Å². The third-order valence-corrected chi connectivity index (χ3v) is 2.63. The van der Waals surface area contributed by atoms with E-state index in [0.29, 0.717) is 26.1 Å². The zero-order valence-electron chi connectivity index (χ0n) is 9.54. The fourth-order valence-electron chi connectivity index (χ4n) is 1.66. The maximum absolute atomic E-state index is 12.5. The Bertz CT molecular complexity index is 417. The molecule has 0 bridgehead atoms. The zero-order chi connectivity index (χ0) is 13.2. The molecule has 18 heavy (non-hydrogen) atoms.